The molecule has 0 bridgehead atoms. The van der Waals surface area contributed by atoms with Crippen molar-refractivity contribution in [2.45, 2.75) is 65.3 Å². The number of rotatable bonds is 7. The molecule has 0 aliphatic carbocycles. The minimum absolute atomic E-state index is 0.00270. The van der Waals surface area contributed by atoms with Gasteiger partial charge in [-0.3, -0.25) is 0 Å². The van der Waals surface area contributed by atoms with E-state index in [1.807, 2.05) is 45.9 Å². The summed E-state index contributed by atoms with van der Waals surface area (Å²) in [7, 11) is 0. The van der Waals surface area contributed by atoms with Gasteiger partial charge in [-0.15, -0.1) is 0 Å². The Bertz CT molecular complexity index is 444. The lowest BCUT2D eigenvalue weighted by molar-refractivity contribution is -0.135. The van der Waals surface area contributed by atoms with Crippen molar-refractivity contribution < 1.29 is 17.9 Å². The highest BCUT2D eigenvalue weighted by Crippen LogP contribution is 2.25. The summed E-state index contributed by atoms with van der Waals surface area (Å²) < 4.78 is 41.9. The molecule has 0 aliphatic heterocycles. The first kappa shape index (κ1) is 17.7. The van der Waals surface area contributed by atoms with Crippen LogP contribution in [0, 0.1) is 6.92 Å². The fourth-order valence-corrected chi connectivity index (χ4v) is 2.09. The van der Waals surface area contributed by atoms with Gasteiger partial charge in [0, 0.05) is 18.2 Å². The highest BCUT2D eigenvalue weighted by atomic mass is 19.4. The van der Waals surface area contributed by atoms with Gasteiger partial charge in [-0.05, 0) is 64.3 Å². The van der Waals surface area contributed by atoms with E-state index < -0.39 is 12.6 Å². The maximum atomic E-state index is 12.1. The van der Waals surface area contributed by atoms with Gasteiger partial charge in [0.05, 0.1) is 6.10 Å². The Labute approximate surface area is 124 Å². The summed E-state index contributed by atoms with van der Waals surface area (Å²) in [6, 6.07) is 5.72. The van der Waals surface area contributed by atoms with Crippen LogP contribution in [-0.2, 0) is 0 Å². The number of hydrogen-bond acceptors (Lipinski definition) is 2. The molecule has 1 aromatic rings. The number of halogens is 3. The number of hydrogen-bond donors (Lipinski definition) is 1. The fraction of sp³-hybridized carbons (Fsp3) is 0.625. The monoisotopic (exact) mass is 303 g/mol. The highest BCUT2D eigenvalue weighted by Gasteiger charge is 2.26. The Balaban J connectivity index is 2.50. The molecular weight excluding hydrogens is 279 g/mol. The molecule has 21 heavy (non-hydrogen) atoms. The van der Waals surface area contributed by atoms with Crippen molar-refractivity contribution in [3.05, 3.63) is 23.8 Å². The Kier molecular flexibility index (Phi) is 6.37. The van der Waals surface area contributed by atoms with Gasteiger partial charge in [-0.1, -0.05) is 0 Å². The predicted octanol–water partition coefficient (Wildman–Crippen LogP) is 5.32. The van der Waals surface area contributed by atoms with Gasteiger partial charge in [0.1, 0.15) is 5.75 Å². The summed E-state index contributed by atoms with van der Waals surface area (Å²) in [6.45, 7) is 7.78. The number of aryl methyl sites for hydroxylation is 1. The lowest BCUT2D eigenvalue weighted by atomic mass is 10.1. The number of ether oxygens (including phenoxy) is 1. The zero-order chi connectivity index (χ0) is 16.0. The van der Waals surface area contributed by atoms with Crippen molar-refractivity contribution in [3.63, 3.8) is 0 Å². The summed E-state index contributed by atoms with van der Waals surface area (Å²) in [4.78, 5) is 0. The molecule has 2 nitrogen and oxygen atoms in total. The van der Waals surface area contributed by atoms with Crippen molar-refractivity contribution in [1.29, 1.82) is 0 Å². The third kappa shape index (κ3) is 7.25. The van der Waals surface area contributed by atoms with Crippen LogP contribution in [0.4, 0.5) is 18.9 Å². The van der Waals surface area contributed by atoms with E-state index >= 15 is 0 Å². The van der Waals surface area contributed by atoms with E-state index in [0.29, 0.717) is 6.42 Å². The van der Waals surface area contributed by atoms with Crippen LogP contribution in [0.5, 0.6) is 5.75 Å². The zero-order valence-corrected chi connectivity index (χ0v) is 13.1. The number of anilines is 1. The van der Waals surface area contributed by atoms with Gasteiger partial charge >= 0.3 is 6.18 Å². The molecular formula is C16H24F3NO. The maximum Gasteiger partial charge on any atom is 0.389 e. The molecule has 0 spiro atoms. The van der Waals surface area contributed by atoms with Crippen LogP contribution in [0.2, 0.25) is 0 Å². The number of alkyl halides is 3. The summed E-state index contributed by atoms with van der Waals surface area (Å²) in [6.07, 6.45) is -4.04. The second-order valence-electron chi connectivity index (χ2n) is 5.70. The van der Waals surface area contributed by atoms with E-state index in [0.717, 1.165) is 17.0 Å². The number of nitrogens with one attached hydrogen (secondary N) is 1. The zero-order valence-electron chi connectivity index (χ0n) is 13.1. The molecule has 0 fully saturated rings. The molecule has 0 radical (unpaired) electrons. The number of benzene rings is 1. The van der Waals surface area contributed by atoms with Gasteiger partial charge in [0.15, 0.2) is 0 Å². The molecule has 0 aromatic heterocycles. The van der Waals surface area contributed by atoms with E-state index in [1.165, 1.54) is 0 Å². The minimum Gasteiger partial charge on any atom is -0.491 e. The summed E-state index contributed by atoms with van der Waals surface area (Å²) in [5.41, 5.74) is 1.96. The Morgan fingerprint density at radius 1 is 1.19 bits per heavy atom. The Hall–Kier alpha value is -1.39. The van der Waals surface area contributed by atoms with Crippen LogP contribution in [0.25, 0.3) is 0 Å². The normalized spacial score (nSPS) is 13.3. The third-order valence-electron chi connectivity index (χ3n) is 3.07. The quantitative estimate of drug-likeness (QED) is 0.736. The van der Waals surface area contributed by atoms with Crippen LogP contribution in [0.15, 0.2) is 18.2 Å². The van der Waals surface area contributed by atoms with Crippen molar-refractivity contribution in [2.75, 3.05) is 5.32 Å². The lowest BCUT2D eigenvalue weighted by Gasteiger charge is -2.18. The third-order valence-corrected chi connectivity index (χ3v) is 3.07. The van der Waals surface area contributed by atoms with E-state index in [9.17, 15) is 13.2 Å². The summed E-state index contributed by atoms with van der Waals surface area (Å²) in [5.74, 6) is 0.803. The molecule has 0 amide bonds. The summed E-state index contributed by atoms with van der Waals surface area (Å²) in [5, 5.41) is 3.25. The molecule has 1 unspecified atom stereocenters. The van der Waals surface area contributed by atoms with E-state index in [2.05, 4.69) is 5.32 Å². The topological polar surface area (TPSA) is 21.3 Å². The largest absolute Gasteiger partial charge is 0.491 e. The molecule has 1 atom stereocenters. The van der Waals surface area contributed by atoms with Crippen LogP contribution in [0.3, 0.4) is 0 Å². The van der Waals surface area contributed by atoms with E-state index in [-0.39, 0.29) is 18.6 Å². The van der Waals surface area contributed by atoms with E-state index in [1.54, 1.807) is 0 Å². The van der Waals surface area contributed by atoms with Crippen molar-refractivity contribution in [2.24, 2.45) is 0 Å². The standard InChI is InChI=1S/C16H24F3NO/c1-11(2)21-14-7-8-15(12(3)10-14)20-13(4)6-5-9-16(17,18)19/h7-8,10-11,13,20H,5-6,9H2,1-4H3. The predicted molar refractivity (Wildman–Crippen MR) is 79.9 cm³/mol. The maximum absolute atomic E-state index is 12.1. The van der Waals surface area contributed by atoms with Crippen LogP contribution in [-0.4, -0.2) is 18.3 Å². The summed E-state index contributed by atoms with van der Waals surface area (Å²) >= 11 is 0. The average Bonchev–Trinajstić information content (AvgIpc) is 2.30. The second kappa shape index (κ2) is 7.57. The molecule has 0 saturated carbocycles. The smallest absolute Gasteiger partial charge is 0.389 e. The Morgan fingerprint density at radius 3 is 2.38 bits per heavy atom. The molecule has 1 rings (SSSR count). The van der Waals surface area contributed by atoms with Gasteiger partial charge in [0.2, 0.25) is 0 Å². The van der Waals surface area contributed by atoms with Gasteiger partial charge in [-0.2, -0.15) is 13.2 Å². The first-order chi connectivity index (χ1) is 9.67. The van der Waals surface area contributed by atoms with Crippen molar-refractivity contribution >= 4 is 5.69 Å². The van der Waals surface area contributed by atoms with Crippen molar-refractivity contribution in [3.8, 4) is 5.75 Å². The van der Waals surface area contributed by atoms with Crippen LogP contribution in [0.1, 0.15) is 45.6 Å². The molecule has 120 valence electrons. The van der Waals surface area contributed by atoms with Gasteiger partial charge in [-0.25, -0.2) is 0 Å². The Morgan fingerprint density at radius 2 is 1.86 bits per heavy atom. The second-order valence-corrected chi connectivity index (χ2v) is 5.70. The average molecular weight is 303 g/mol. The van der Waals surface area contributed by atoms with E-state index in [4.69, 9.17) is 4.74 Å². The molecule has 1 aromatic carbocycles. The van der Waals surface area contributed by atoms with Crippen LogP contribution >= 0.6 is 0 Å². The van der Waals surface area contributed by atoms with Crippen LogP contribution < -0.4 is 10.1 Å². The first-order valence-electron chi connectivity index (χ1n) is 7.28. The van der Waals surface area contributed by atoms with Gasteiger partial charge in [0.25, 0.3) is 0 Å². The molecule has 0 aliphatic rings. The lowest BCUT2D eigenvalue weighted by Crippen LogP contribution is -2.17. The molecule has 0 saturated heterocycles. The fourth-order valence-electron chi connectivity index (χ4n) is 2.09. The SMILES string of the molecule is Cc1cc(OC(C)C)ccc1NC(C)CCCC(F)(F)F. The minimum atomic E-state index is -4.06. The van der Waals surface area contributed by atoms with Gasteiger partial charge < -0.3 is 10.1 Å². The molecule has 1 N–H and O–H groups in total. The molecule has 0 heterocycles. The first-order valence-corrected chi connectivity index (χ1v) is 7.28. The van der Waals surface area contributed by atoms with Crippen molar-refractivity contribution in [1.82, 2.24) is 0 Å². The molecule has 5 heteroatoms. The highest BCUT2D eigenvalue weighted by molar-refractivity contribution is 5.54.